The van der Waals surface area contributed by atoms with E-state index in [-0.39, 0.29) is 30.2 Å². The zero-order valence-corrected chi connectivity index (χ0v) is 13.8. The van der Waals surface area contributed by atoms with Gasteiger partial charge < -0.3 is 15.4 Å². The standard InChI is InChI=1S/C18H22N2O4/c1-4-6-8-16(21)19-14-11-10-13(18(23)24-3)12-15(14)20-17(22)9-7-5-2/h4-5,10-12H,1-2,6-9H2,3H3,(H,19,21)(H,20,22). The van der Waals surface area contributed by atoms with Crippen LogP contribution in [0.3, 0.4) is 0 Å². The van der Waals surface area contributed by atoms with Crippen LogP contribution in [-0.2, 0) is 14.3 Å². The second-order valence-corrected chi connectivity index (χ2v) is 5.00. The first-order valence-corrected chi connectivity index (χ1v) is 7.55. The molecule has 128 valence electrons. The number of anilines is 2. The first-order valence-electron chi connectivity index (χ1n) is 7.55. The maximum absolute atomic E-state index is 11.9. The Bertz CT molecular complexity index is 638. The minimum absolute atomic E-state index is 0.206. The van der Waals surface area contributed by atoms with Gasteiger partial charge in [0.05, 0.1) is 24.0 Å². The summed E-state index contributed by atoms with van der Waals surface area (Å²) < 4.78 is 4.67. The number of esters is 1. The molecular weight excluding hydrogens is 308 g/mol. The van der Waals surface area contributed by atoms with Gasteiger partial charge in [-0.3, -0.25) is 9.59 Å². The predicted molar refractivity (Wildman–Crippen MR) is 93.9 cm³/mol. The summed E-state index contributed by atoms with van der Waals surface area (Å²) in [7, 11) is 1.27. The summed E-state index contributed by atoms with van der Waals surface area (Å²) in [6, 6.07) is 4.55. The number of amides is 2. The van der Waals surface area contributed by atoms with Crippen LogP contribution in [0.2, 0.25) is 0 Å². The van der Waals surface area contributed by atoms with Crippen molar-refractivity contribution in [3.05, 3.63) is 49.1 Å². The molecule has 1 aromatic carbocycles. The minimum Gasteiger partial charge on any atom is -0.465 e. The summed E-state index contributed by atoms with van der Waals surface area (Å²) in [5, 5.41) is 5.41. The molecule has 0 saturated heterocycles. The fourth-order valence-corrected chi connectivity index (χ4v) is 1.89. The van der Waals surface area contributed by atoms with Gasteiger partial charge in [-0.2, -0.15) is 0 Å². The number of carbonyl (C=O) groups is 3. The molecule has 0 spiro atoms. The lowest BCUT2D eigenvalue weighted by atomic mass is 10.1. The highest BCUT2D eigenvalue weighted by Crippen LogP contribution is 2.24. The van der Waals surface area contributed by atoms with Crippen LogP contribution in [0.5, 0.6) is 0 Å². The van der Waals surface area contributed by atoms with Gasteiger partial charge in [0.2, 0.25) is 11.8 Å². The van der Waals surface area contributed by atoms with Crippen molar-refractivity contribution in [1.29, 1.82) is 0 Å². The first-order chi connectivity index (χ1) is 11.5. The zero-order valence-electron chi connectivity index (χ0n) is 13.8. The van der Waals surface area contributed by atoms with Crippen LogP contribution in [0, 0.1) is 0 Å². The number of allylic oxidation sites excluding steroid dienone is 2. The predicted octanol–water partition coefficient (Wildman–Crippen LogP) is 3.28. The van der Waals surface area contributed by atoms with Crippen LogP contribution >= 0.6 is 0 Å². The lowest BCUT2D eigenvalue weighted by molar-refractivity contribution is -0.117. The monoisotopic (exact) mass is 330 g/mol. The molecule has 0 aliphatic rings. The van der Waals surface area contributed by atoms with Gasteiger partial charge in [-0.25, -0.2) is 4.79 Å². The number of hydrogen-bond donors (Lipinski definition) is 2. The number of carbonyl (C=O) groups excluding carboxylic acids is 3. The van der Waals surface area contributed by atoms with Crippen molar-refractivity contribution in [2.45, 2.75) is 25.7 Å². The molecule has 24 heavy (non-hydrogen) atoms. The van der Waals surface area contributed by atoms with E-state index in [1.165, 1.54) is 19.2 Å². The smallest absolute Gasteiger partial charge is 0.337 e. The third-order valence-corrected chi connectivity index (χ3v) is 3.14. The van der Waals surface area contributed by atoms with Crippen molar-refractivity contribution in [2.24, 2.45) is 0 Å². The molecule has 0 fully saturated rings. The lowest BCUT2D eigenvalue weighted by Crippen LogP contribution is -2.17. The Kier molecular flexibility index (Phi) is 7.98. The number of ether oxygens (including phenoxy) is 1. The van der Waals surface area contributed by atoms with E-state index in [1.807, 2.05) is 0 Å². The second kappa shape index (κ2) is 9.99. The lowest BCUT2D eigenvalue weighted by Gasteiger charge is -2.13. The minimum atomic E-state index is -0.527. The van der Waals surface area contributed by atoms with E-state index in [0.29, 0.717) is 24.2 Å². The summed E-state index contributed by atoms with van der Waals surface area (Å²) in [6.45, 7) is 7.14. The molecule has 0 aromatic heterocycles. The van der Waals surface area contributed by atoms with Gasteiger partial charge in [0, 0.05) is 12.8 Å². The Balaban J connectivity index is 3.00. The quantitative estimate of drug-likeness (QED) is 0.537. The Hall–Kier alpha value is -2.89. The highest BCUT2D eigenvalue weighted by molar-refractivity contribution is 6.02. The Morgan fingerprint density at radius 1 is 1.00 bits per heavy atom. The van der Waals surface area contributed by atoms with Crippen molar-refractivity contribution in [1.82, 2.24) is 0 Å². The van der Waals surface area contributed by atoms with E-state index in [9.17, 15) is 14.4 Å². The highest BCUT2D eigenvalue weighted by atomic mass is 16.5. The van der Waals surface area contributed by atoms with Crippen LogP contribution in [0.4, 0.5) is 11.4 Å². The Morgan fingerprint density at radius 3 is 2.04 bits per heavy atom. The molecule has 0 heterocycles. The van der Waals surface area contributed by atoms with Crippen LogP contribution in [0.15, 0.2) is 43.5 Å². The molecule has 0 bridgehead atoms. The first kappa shape index (κ1) is 19.2. The summed E-state index contributed by atoms with van der Waals surface area (Å²) in [4.78, 5) is 35.5. The van der Waals surface area contributed by atoms with E-state index in [1.54, 1.807) is 18.2 Å². The largest absolute Gasteiger partial charge is 0.465 e. The second-order valence-electron chi connectivity index (χ2n) is 5.00. The third kappa shape index (κ3) is 6.08. The van der Waals surface area contributed by atoms with E-state index >= 15 is 0 Å². The molecule has 0 atom stereocenters. The van der Waals surface area contributed by atoms with Gasteiger partial charge in [0.25, 0.3) is 0 Å². The molecule has 2 amide bonds. The number of methoxy groups -OCH3 is 1. The summed E-state index contributed by atoms with van der Waals surface area (Å²) in [6.07, 6.45) is 4.92. The zero-order chi connectivity index (χ0) is 17.9. The molecule has 0 radical (unpaired) electrons. The normalized spacial score (nSPS) is 9.71. The summed E-state index contributed by atoms with van der Waals surface area (Å²) >= 11 is 0. The van der Waals surface area contributed by atoms with Crippen molar-refractivity contribution < 1.29 is 19.1 Å². The number of benzene rings is 1. The van der Waals surface area contributed by atoms with Crippen molar-refractivity contribution in [3.63, 3.8) is 0 Å². The van der Waals surface area contributed by atoms with E-state index in [4.69, 9.17) is 0 Å². The molecule has 6 heteroatoms. The van der Waals surface area contributed by atoms with Gasteiger partial charge in [0.1, 0.15) is 0 Å². The van der Waals surface area contributed by atoms with Gasteiger partial charge in [-0.05, 0) is 31.0 Å². The fraction of sp³-hybridized carbons (Fsp3) is 0.278. The maximum Gasteiger partial charge on any atom is 0.337 e. The van der Waals surface area contributed by atoms with Crippen molar-refractivity contribution in [2.75, 3.05) is 17.7 Å². The number of nitrogens with one attached hydrogen (secondary N) is 2. The molecule has 0 aliphatic carbocycles. The topological polar surface area (TPSA) is 84.5 Å². The Morgan fingerprint density at radius 2 is 1.54 bits per heavy atom. The summed E-state index contributed by atoms with van der Waals surface area (Å²) in [5.41, 5.74) is 1.04. The van der Waals surface area contributed by atoms with Crippen LogP contribution in [0.25, 0.3) is 0 Å². The molecule has 6 nitrogen and oxygen atoms in total. The molecule has 0 aliphatic heterocycles. The Labute approximate surface area is 141 Å². The molecule has 2 N–H and O–H groups in total. The van der Waals surface area contributed by atoms with Crippen molar-refractivity contribution in [3.8, 4) is 0 Å². The van der Waals surface area contributed by atoms with Crippen molar-refractivity contribution >= 4 is 29.2 Å². The fourth-order valence-electron chi connectivity index (χ4n) is 1.89. The number of rotatable bonds is 9. The van der Waals surface area contributed by atoms with E-state index in [2.05, 4.69) is 28.5 Å². The highest BCUT2D eigenvalue weighted by Gasteiger charge is 2.13. The number of hydrogen-bond acceptors (Lipinski definition) is 4. The van der Waals surface area contributed by atoms with E-state index in [0.717, 1.165) is 0 Å². The molecule has 0 unspecified atom stereocenters. The average Bonchev–Trinajstić information content (AvgIpc) is 2.58. The van der Waals surface area contributed by atoms with Gasteiger partial charge in [0.15, 0.2) is 0 Å². The summed E-state index contributed by atoms with van der Waals surface area (Å²) in [5.74, 6) is -0.970. The van der Waals surface area contributed by atoms with Gasteiger partial charge >= 0.3 is 5.97 Å². The van der Waals surface area contributed by atoms with E-state index < -0.39 is 5.97 Å². The van der Waals surface area contributed by atoms with Crippen LogP contribution < -0.4 is 10.6 Å². The molecule has 1 aromatic rings. The SMILES string of the molecule is C=CCCC(=O)Nc1ccc(C(=O)OC)cc1NC(=O)CCC=C. The van der Waals surface area contributed by atoms with Gasteiger partial charge in [-0.15, -0.1) is 13.2 Å². The third-order valence-electron chi connectivity index (χ3n) is 3.14. The van der Waals surface area contributed by atoms with Crippen LogP contribution in [-0.4, -0.2) is 24.9 Å². The van der Waals surface area contributed by atoms with Gasteiger partial charge in [-0.1, -0.05) is 12.2 Å². The van der Waals surface area contributed by atoms with Crippen LogP contribution in [0.1, 0.15) is 36.0 Å². The average molecular weight is 330 g/mol. The molecule has 0 saturated carbocycles. The molecule has 1 rings (SSSR count). The molecular formula is C18H22N2O4. The maximum atomic E-state index is 11.9.